The molecule has 0 aromatic rings. The molecule has 1 N–H and O–H groups in total. The van der Waals surface area contributed by atoms with E-state index >= 15 is 0 Å². The van der Waals surface area contributed by atoms with Gasteiger partial charge in [-0.3, -0.25) is 0 Å². The molecule has 2 nitrogen and oxygen atoms in total. The Kier molecular flexibility index (Phi) is 1.92. The molecule has 0 amide bonds. The fraction of sp³-hybridized carbons (Fsp3) is 0.750. The Balaban J connectivity index is 2.56. The van der Waals surface area contributed by atoms with Gasteiger partial charge >= 0.3 is 0 Å². The third kappa shape index (κ3) is 1.05. The maximum Gasteiger partial charge on any atom is 0.169 e. The van der Waals surface area contributed by atoms with Gasteiger partial charge in [0, 0.05) is 13.6 Å². The highest BCUT2D eigenvalue weighted by molar-refractivity contribution is 14.1. The van der Waals surface area contributed by atoms with Crippen LogP contribution in [0.2, 0.25) is 0 Å². The zero-order chi connectivity index (χ0) is 6.15. The number of nitrogens with zero attached hydrogens (tertiary/aromatic N) is 1. The van der Waals surface area contributed by atoms with Crippen molar-refractivity contribution in [1.29, 1.82) is 0 Å². The Bertz CT molecular complexity index is 117. The van der Waals surface area contributed by atoms with Crippen molar-refractivity contribution >= 4 is 39.9 Å². The van der Waals surface area contributed by atoms with Gasteiger partial charge in [0.05, 0.1) is 4.05 Å². The Labute approximate surface area is 67.8 Å². The van der Waals surface area contributed by atoms with Crippen LogP contribution in [-0.4, -0.2) is 27.7 Å². The van der Waals surface area contributed by atoms with E-state index in [0.717, 1.165) is 11.7 Å². The molecule has 1 saturated heterocycles. The summed E-state index contributed by atoms with van der Waals surface area (Å²) in [5.41, 5.74) is 0. The quantitative estimate of drug-likeness (QED) is 0.289. The highest BCUT2D eigenvalue weighted by Crippen LogP contribution is 2.09. The predicted octanol–water partition coefficient (Wildman–Crippen LogP) is 0.567. The third-order valence-electron chi connectivity index (χ3n) is 1.16. The number of nitrogens with one attached hydrogen (secondary N) is 1. The molecule has 1 unspecified atom stereocenters. The summed E-state index contributed by atoms with van der Waals surface area (Å²) in [6.45, 7) is 0.982. The molecule has 0 bridgehead atoms. The second-order valence-corrected chi connectivity index (χ2v) is 3.56. The Morgan fingerprint density at radius 3 is 2.75 bits per heavy atom. The zero-order valence-electron chi connectivity index (χ0n) is 4.52. The maximum absolute atomic E-state index is 4.93. The van der Waals surface area contributed by atoms with Gasteiger partial charge in [-0.05, 0) is 12.2 Å². The minimum atomic E-state index is 0.542. The molecule has 1 fully saturated rings. The van der Waals surface area contributed by atoms with Crippen molar-refractivity contribution in [2.24, 2.45) is 0 Å². The average molecular weight is 242 g/mol. The molecule has 4 heteroatoms. The molecule has 1 aliphatic rings. The number of rotatable bonds is 0. The van der Waals surface area contributed by atoms with Gasteiger partial charge in [0.1, 0.15) is 0 Å². The molecule has 1 atom stereocenters. The maximum atomic E-state index is 4.93. The van der Waals surface area contributed by atoms with Crippen LogP contribution in [-0.2, 0) is 0 Å². The molecule has 8 heavy (non-hydrogen) atoms. The van der Waals surface area contributed by atoms with Gasteiger partial charge in [0.25, 0.3) is 0 Å². The molecule has 0 spiro atoms. The van der Waals surface area contributed by atoms with E-state index in [1.54, 1.807) is 0 Å². The van der Waals surface area contributed by atoms with E-state index < -0.39 is 0 Å². The number of thiocarbonyl (C=S) groups is 1. The molecule has 1 heterocycles. The van der Waals surface area contributed by atoms with Crippen molar-refractivity contribution in [1.82, 2.24) is 10.2 Å². The third-order valence-corrected chi connectivity index (χ3v) is 2.87. The topological polar surface area (TPSA) is 15.3 Å². The van der Waals surface area contributed by atoms with E-state index in [1.807, 2.05) is 7.05 Å². The molecule has 1 rings (SSSR count). The van der Waals surface area contributed by atoms with Crippen molar-refractivity contribution in [3.8, 4) is 0 Å². The fourth-order valence-electron chi connectivity index (χ4n) is 0.560. The number of hydrogen-bond donors (Lipinski definition) is 1. The molecule has 0 radical (unpaired) electrons. The van der Waals surface area contributed by atoms with E-state index in [9.17, 15) is 0 Å². The minimum Gasteiger partial charge on any atom is -0.360 e. The monoisotopic (exact) mass is 242 g/mol. The van der Waals surface area contributed by atoms with Crippen LogP contribution in [0.3, 0.4) is 0 Å². The largest absolute Gasteiger partial charge is 0.360 e. The van der Waals surface area contributed by atoms with E-state index in [4.69, 9.17) is 12.2 Å². The first-order valence-electron chi connectivity index (χ1n) is 2.36. The standard InChI is InChI=1S/C4H7IN2S/c1-7-3(5)2-6-4(7)8/h3H,2H2,1H3,(H,6,8). The number of halogens is 1. The van der Waals surface area contributed by atoms with E-state index in [-0.39, 0.29) is 0 Å². The van der Waals surface area contributed by atoms with Crippen molar-refractivity contribution in [2.45, 2.75) is 4.05 Å². The lowest BCUT2D eigenvalue weighted by Crippen LogP contribution is -2.25. The normalized spacial score (nSPS) is 28.5. The predicted molar refractivity (Wildman–Crippen MR) is 46.2 cm³/mol. The SMILES string of the molecule is CN1C(=S)NCC1I. The second-order valence-electron chi connectivity index (χ2n) is 1.73. The smallest absolute Gasteiger partial charge is 0.169 e. The Morgan fingerprint density at radius 1 is 2.00 bits per heavy atom. The summed E-state index contributed by atoms with van der Waals surface area (Å²) in [6.07, 6.45) is 0. The molecule has 0 saturated carbocycles. The van der Waals surface area contributed by atoms with Crippen molar-refractivity contribution in [3.05, 3.63) is 0 Å². The van der Waals surface area contributed by atoms with Crippen LogP contribution in [0.1, 0.15) is 0 Å². The van der Waals surface area contributed by atoms with E-state index in [0.29, 0.717) is 4.05 Å². The summed E-state index contributed by atoms with van der Waals surface area (Å²) in [5, 5.41) is 3.93. The van der Waals surface area contributed by atoms with E-state index in [1.165, 1.54) is 0 Å². The summed E-state index contributed by atoms with van der Waals surface area (Å²) >= 11 is 7.28. The first-order chi connectivity index (χ1) is 3.72. The summed E-state index contributed by atoms with van der Waals surface area (Å²) < 4.78 is 0.542. The minimum absolute atomic E-state index is 0.542. The van der Waals surface area contributed by atoms with Crippen LogP contribution < -0.4 is 5.32 Å². The van der Waals surface area contributed by atoms with Gasteiger partial charge in [-0.15, -0.1) is 0 Å². The lowest BCUT2D eigenvalue weighted by atomic mass is 10.7. The Hall–Kier alpha value is 0.420. The number of alkyl halides is 1. The highest BCUT2D eigenvalue weighted by Gasteiger charge is 2.20. The first kappa shape index (κ1) is 6.54. The van der Waals surface area contributed by atoms with Crippen molar-refractivity contribution in [3.63, 3.8) is 0 Å². The Morgan fingerprint density at radius 2 is 2.62 bits per heavy atom. The van der Waals surface area contributed by atoms with Crippen LogP contribution >= 0.6 is 34.8 Å². The average Bonchev–Trinajstić information content (AvgIpc) is 1.98. The molecule has 0 aliphatic carbocycles. The van der Waals surface area contributed by atoms with Crippen LogP contribution in [0, 0.1) is 0 Å². The fourth-order valence-corrected chi connectivity index (χ4v) is 1.46. The number of hydrogen-bond acceptors (Lipinski definition) is 1. The van der Waals surface area contributed by atoms with Gasteiger partial charge in [-0.1, -0.05) is 22.6 Å². The van der Waals surface area contributed by atoms with E-state index in [2.05, 4.69) is 32.8 Å². The van der Waals surface area contributed by atoms with Gasteiger partial charge in [-0.2, -0.15) is 0 Å². The molecule has 46 valence electrons. The van der Waals surface area contributed by atoms with Crippen LogP contribution in [0.4, 0.5) is 0 Å². The van der Waals surface area contributed by atoms with Gasteiger partial charge in [0.2, 0.25) is 0 Å². The number of likely N-dealkylation sites (N-methyl/N-ethyl adjacent to an activating group) is 1. The second kappa shape index (κ2) is 2.34. The molecular formula is C4H7IN2S. The highest BCUT2D eigenvalue weighted by atomic mass is 127. The summed E-state index contributed by atoms with van der Waals surface area (Å²) in [7, 11) is 2.00. The van der Waals surface area contributed by atoms with Crippen LogP contribution in [0.25, 0.3) is 0 Å². The molecule has 1 aliphatic heterocycles. The molecule has 0 aromatic heterocycles. The summed E-state index contributed by atoms with van der Waals surface area (Å²) in [4.78, 5) is 2.05. The van der Waals surface area contributed by atoms with Crippen molar-refractivity contribution < 1.29 is 0 Å². The lowest BCUT2D eigenvalue weighted by Gasteiger charge is -2.11. The van der Waals surface area contributed by atoms with Gasteiger partial charge in [-0.25, -0.2) is 0 Å². The zero-order valence-corrected chi connectivity index (χ0v) is 7.49. The summed E-state index contributed by atoms with van der Waals surface area (Å²) in [6, 6.07) is 0. The molecular weight excluding hydrogens is 235 g/mol. The van der Waals surface area contributed by atoms with Crippen molar-refractivity contribution in [2.75, 3.05) is 13.6 Å². The van der Waals surface area contributed by atoms with Crippen LogP contribution in [0.5, 0.6) is 0 Å². The van der Waals surface area contributed by atoms with Gasteiger partial charge < -0.3 is 10.2 Å². The van der Waals surface area contributed by atoms with Crippen LogP contribution in [0.15, 0.2) is 0 Å². The molecule has 0 aromatic carbocycles. The first-order valence-corrected chi connectivity index (χ1v) is 4.02. The van der Waals surface area contributed by atoms with Gasteiger partial charge in [0.15, 0.2) is 5.11 Å². The summed E-state index contributed by atoms with van der Waals surface area (Å²) in [5.74, 6) is 0. The lowest BCUT2D eigenvalue weighted by molar-refractivity contribution is 0.550.